The van der Waals surface area contributed by atoms with E-state index in [2.05, 4.69) is 52.0 Å². The lowest BCUT2D eigenvalue weighted by Crippen LogP contribution is -1.97. The summed E-state index contributed by atoms with van der Waals surface area (Å²) in [6.45, 7) is 10.6. The average Bonchev–Trinajstić information content (AvgIpc) is 2.54. The maximum atomic E-state index is 5.60. The van der Waals surface area contributed by atoms with Gasteiger partial charge >= 0.3 is 0 Å². The second-order valence-corrected chi connectivity index (χ2v) is 6.13. The number of hydrogen-bond donors (Lipinski definition) is 0. The lowest BCUT2D eigenvalue weighted by molar-refractivity contribution is 0.157. The monoisotopic (exact) mass is 318 g/mol. The molecule has 1 aromatic rings. The smallest absolute Gasteiger partial charge is 0.0896 e. The first-order valence-corrected chi connectivity index (χ1v) is 8.21. The van der Waals surface area contributed by atoms with Gasteiger partial charge in [0.1, 0.15) is 0 Å². The summed E-state index contributed by atoms with van der Waals surface area (Å²) < 4.78 is 16.2. The molecule has 23 heavy (non-hydrogen) atoms. The van der Waals surface area contributed by atoms with Gasteiger partial charge in [0, 0.05) is 20.1 Å². The Morgan fingerprint density at radius 1 is 1.00 bits per heavy atom. The largest absolute Gasteiger partial charge is 0.501 e. The van der Waals surface area contributed by atoms with Gasteiger partial charge in [-0.05, 0) is 48.1 Å². The first kappa shape index (κ1) is 19.3. The molecule has 0 heterocycles. The molecule has 0 amide bonds. The predicted molar refractivity (Wildman–Crippen MR) is 97.0 cm³/mol. The molecule has 0 aliphatic heterocycles. The highest BCUT2D eigenvalue weighted by atomic mass is 16.5. The quantitative estimate of drug-likeness (QED) is 0.442. The van der Waals surface area contributed by atoms with Crippen molar-refractivity contribution in [2.24, 2.45) is 5.92 Å². The van der Waals surface area contributed by atoms with Gasteiger partial charge in [-0.15, -0.1) is 0 Å². The second kappa shape index (κ2) is 10.9. The van der Waals surface area contributed by atoms with Gasteiger partial charge in [0.15, 0.2) is 0 Å². The fourth-order valence-corrected chi connectivity index (χ4v) is 1.98. The molecule has 0 radical (unpaired) electrons. The number of rotatable bonds is 10. The van der Waals surface area contributed by atoms with Gasteiger partial charge in [0.2, 0.25) is 0 Å². The summed E-state index contributed by atoms with van der Waals surface area (Å²) in [7, 11) is 1.70. The Morgan fingerprint density at radius 2 is 1.61 bits per heavy atom. The van der Waals surface area contributed by atoms with Crippen LogP contribution in [-0.2, 0) is 14.2 Å². The Bertz CT molecular complexity index is 515. The van der Waals surface area contributed by atoms with Gasteiger partial charge in [-0.25, -0.2) is 0 Å². The zero-order valence-electron chi connectivity index (χ0n) is 15.1. The van der Waals surface area contributed by atoms with Gasteiger partial charge in [-0.1, -0.05) is 32.0 Å². The highest BCUT2D eigenvalue weighted by Crippen LogP contribution is 2.20. The molecule has 0 aliphatic carbocycles. The summed E-state index contributed by atoms with van der Waals surface area (Å²) in [5, 5.41) is 0. The van der Waals surface area contributed by atoms with Crippen LogP contribution in [0.15, 0.2) is 36.8 Å². The minimum atomic E-state index is 0.533. The molecule has 1 aromatic carbocycles. The lowest BCUT2D eigenvalue weighted by atomic mass is 10.0. The molecule has 1 rings (SSSR count). The number of allylic oxidation sites excluding steroid dienone is 2. The molecule has 3 nitrogen and oxygen atoms in total. The van der Waals surface area contributed by atoms with E-state index < -0.39 is 0 Å². The molecule has 0 fully saturated rings. The Labute approximate surface area is 141 Å². The molecule has 0 saturated heterocycles. The number of benzene rings is 1. The van der Waals surface area contributed by atoms with E-state index in [9.17, 15) is 0 Å². The number of hydrogen-bond acceptors (Lipinski definition) is 3. The van der Waals surface area contributed by atoms with E-state index in [1.165, 1.54) is 5.56 Å². The zero-order valence-corrected chi connectivity index (χ0v) is 15.1. The Balaban J connectivity index is 2.66. The topological polar surface area (TPSA) is 27.7 Å². The van der Waals surface area contributed by atoms with E-state index in [1.807, 2.05) is 12.5 Å². The Kier molecular flexibility index (Phi) is 9.15. The van der Waals surface area contributed by atoms with Crippen LogP contribution in [0.3, 0.4) is 0 Å². The first-order valence-electron chi connectivity index (χ1n) is 8.21. The number of methoxy groups -OCH3 is 1. The van der Waals surface area contributed by atoms with E-state index >= 15 is 0 Å². The van der Waals surface area contributed by atoms with E-state index in [-0.39, 0.29) is 0 Å². The molecule has 0 bridgehead atoms. The molecule has 0 N–H and O–H groups in total. The molecular formula is C20H30O3. The predicted octanol–water partition coefficient (Wildman–Crippen LogP) is 5.13. The molecule has 0 unspecified atom stereocenters. The van der Waals surface area contributed by atoms with E-state index in [0.29, 0.717) is 12.5 Å². The van der Waals surface area contributed by atoms with Gasteiger partial charge < -0.3 is 14.2 Å². The molecule has 0 aromatic heterocycles. The summed E-state index contributed by atoms with van der Waals surface area (Å²) in [5.41, 5.74) is 4.56. The van der Waals surface area contributed by atoms with E-state index in [4.69, 9.17) is 14.2 Å². The standard InChI is InChI=1S/C20H30O3/c1-16(2)13-23-15-18(4)20-9-6-8-19(12-20)17(3)14-22-11-7-10-21-5/h6,8-9,12,14-16H,7,10-11,13H2,1-5H3. The van der Waals surface area contributed by atoms with Crippen molar-refractivity contribution in [1.29, 1.82) is 0 Å². The highest BCUT2D eigenvalue weighted by Gasteiger charge is 2.01. The van der Waals surface area contributed by atoms with Crippen LogP contribution in [0.4, 0.5) is 0 Å². The van der Waals surface area contributed by atoms with Crippen molar-refractivity contribution in [3.05, 3.63) is 47.9 Å². The van der Waals surface area contributed by atoms with Crippen molar-refractivity contribution in [3.8, 4) is 0 Å². The zero-order chi connectivity index (χ0) is 17.1. The minimum Gasteiger partial charge on any atom is -0.501 e. The molecule has 3 heteroatoms. The molecule has 0 aliphatic rings. The van der Waals surface area contributed by atoms with Gasteiger partial charge in [-0.2, -0.15) is 0 Å². The summed E-state index contributed by atoms with van der Waals surface area (Å²) in [5.74, 6) is 0.533. The van der Waals surface area contributed by atoms with Crippen LogP contribution in [-0.4, -0.2) is 26.9 Å². The average molecular weight is 318 g/mol. The normalized spacial score (nSPS) is 12.6. The SMILES string of the molecule is COCCCOC=C(C)c1cccc(C(C)=COCC(C)C)c1. The van der Waals surface area contributed by atoms with Crippen LogP contribution in [0.25, 0.3) is 11.1 Å². The summed E-state index contributed by atoms with van der Waals surface area (Å²) in [6, 6.07) is 8.42. The summed E-state index contributed by atoms with van der Waals surface area (Å²) in [4.78, 5) is 0. The van der Waals surface area contributed by atoms with Crippen molar-refractivity contribution < 1.29 is 14.2 Å². The molecular weight excluding hydrogens is 288 g/mol. The summed E-state index contributed by atoms with van der Waals surface area (Å²) in [6.07, 6.45) is 4.57. The van der Waals surface area contributed by atoms with Gasteiger partial charge in [0.25, 0.3) is 0 Å². The van der Waals surface area contributed by atoms with Crippen LogP contribution >= 0.6 is 0 Å². The second-order valence-electron chi connectivity index (χ2n) is 6.13. The van der Waals surface area contributed by atoms with Crippen LogP contribution in [0.2, 0.25) is 0 Å². The maximum Gasteiger partial charge on any atom is 0.0896 e. The first-order chi connectivity index (χ1) is 11.0. The van der Waals surface area contributed by atoms with Crippen molar-refractivity contribution in [1.82, 2.24) is 0 Å². The minimum absolute atomic E-state index is 0.533. The molecule has 0 saturated carbocycles. The molecule has 0 spiro atoms. The summed E-state index contributed by atoms with van der Waals surface area (Å²) >= 11 is 0. The molecule has 128 valence electrons. The van der Waals surface area contributed by atoms with Crippen molar-refractivity contribution in [2.45, 2.75) is 34.1 Å². The van der Waals surface area contributed by atoms with E-state index in [1.54, 1.807) is 7.11 Å². The molecule has 0 atom stereocenters. The lowest BCUT2D eigenvalue weighted by Gasteiger charge is -2.09. The van der Waals surface area contributed by atoms with E-state index in [0.717, 1.165) is 36.3 Å². The third-order valence-electron chi connectivity index (χ3n) is 3.33. The van der Waals surface area contributed by atoms with Crippen molar-refractivity contribution in [2.75, 3.05) is 26.9 Å². The van der Waals surface area contributed by atoms with Gasteiger partial charge in [-0.3, -0.25) is 0 Å². The Morgan fingerprint density at radius 3 is 2.17 bits per heavy atom. The van der Waals surface area contributed by atoms with Crippen molar-refractivity contribution >= 4 is 11.1 Å². The van der Waals surface area contributed by atoms with Crippen LogP contribution in [0, 0.1) is 5.92 Å². The fraction of sp³-hybridized carbons (Fsp3) is 0.500. The third kappa shape index (κ3) is 7.89. The number of ether oxygens (including phenoxy) is 3. The highest BCUT2D eigenvalue weighted by molar-refractivity contribution is 5.70. The Hall–Kier alpha value is -1.74. The van der Waals surface area contributed by atoms with Crippen molar-refractivity contribution in [3.63, 3.8) is 0 Å². The maximum absolute atomic E-state index is 5.60. The third-order valence-corrected chi connectivity index (χ3v) is 3.33. The fourth-order valence-electron chi connectivity index (χ4n) is 1.98. The van der Waals surface area contributed by atoms with Gasteiger partial charge in [0.05, 0.1) is 25.7 Å². The van der Waals surface area contributed by atoms with Crippen LogP contribution in [0.5, 0.6) is 0 Å². The van der Waals surface area contributed by atoms with Crippen LogP contribution < -0.4 is 0 Å². The van der Waals surface area contributed by atoms with Crippen LogP contribution in [0.1, 0.15) is 45.2 Å².